The first-order valence-corrected chi connectivity index (χ1v) is 8.77. The maximum atomic E-state index is 13.0. The number of hydrogen-bond donors (Lipinski definition) is 1. The zero-order valence-corrected chi connectivity index (χ0v) is 14.8. The van der Waals surface area contributed by atoms with Gasteiger partial charge >= 0.3 is 12.4 Å². The van der Waals surface area contributed by atoms with Crippen LogP contribution in [-0.4, -0.2) is 21.4 Å². The van der Waals surface area contributed by atoms with Gasteiger partial charge in [-0.05, 0) is 30.3 Å². The molecule has 2 N–H and O–H groups in total. The summed E-state index contributed by atoms with van der Waals surface area (Å²) in [5.74, 6) is -1.03. The molecule has 0 aliphatic carbocycles. The van der Waals surface area contributed by atoms with Crippen molar-refractivity contribution in [3.63, 3.8) is 0 Å². The monoisotopic (exact) mass is 426 g/mol. The summed E-state index contributed by atoms with van der Waals surface area (Å²) >= 11 is 0. The highest BCUT2D eigenvalue weighted by Gasteiger charge is 2.39. The average molecular weight is 426 g/mol. The van der Waals surface area contributed by atoms with Gasteiger partial charge in [-0.3, -0.25) is 9.10 Å². The summed E-state index contributed by atoms with van der Waals surface area (Å²) in [5.41, 5.74) is 0.993. The van der Waals surface area contributed by atoms with Crippen LogP contribution in [0.4, 0.5) is 32.0 Å². The van der Waals surface area contributed by atoms with E-state index in [0.717, 1.165) is 19.2 Å². The summed E-state index contributed by atoms with van der Waals surface area (Å²) in [6, 6.07) is 4.97. The summed E-state index contributed by atoms with van der Waals surface area (Å²) in [7, 11) is -4.01. The van der Waals surface area contributed by atoms with E-state index in [-0.39, 0.29) is 29.4 Å². The van der Waals surface area contributed by atoms with Gasteiger partial charge in [0.2, 0.25) is 0 Å². The van der Waals surface area contributed by atoms with Crippen LogP contribution >= 0.6 is 0 Å². The minimum absolute atomic E-state index is 0.0912. The van der Waals surface area contributed by atoms with Crippen LogP contribution in [0.15, 0.2) is 47.4 Å². The van der Waals surface area contributed by atoms with Crippen molar-refractivity contribution < 1.29 is 39.6 Å². The van der Waals surface area contributed by atoms with Gasteiger partial charge in [0.05, 0.1) is 27.3 Å². The van der Waals surface area contributed by atoms with Crippen LogP contribution in [0, 0.1) is 0 Å². The molecule has 0 aliphatic heterocycles. The molecule has 2 aromatic rings. The first kappa shape index (κ1) is 21.5. The average Bonchev–Trinajstić information content (AvgIpc) is 2.59. The number of rotatable bonds is 4. The fourth-order valence-electron chi connectivity index (χ4n) is 2.32. The van der Waals surface area contributed by atoms with E-state index in [2.05, 4.69) is 0 Å². The number of para-hydroxylation sites is 1. The van der Waals surface area contributed by atoms with Gasteiger partial charge in [0, 0.05) is 7.05 Å². The smallest absolute Gasteiger partial charge is 0.366 e. The first-order chi connectivity index (χ1) is 12.7. The Balaban J connectivity index is 2.70. The number of halogens is 6. The third-order valence-electron chi connectivity index (χ3n) is 3.73. The Kier molecular flexibility index (Phi) is 5.39. The third-order valence-corrected chi connectivity index (χ3v) is 5.48. The van der Waals surface area contributed by atoms with E-state index in [1.54, 1.807) is 0 Å². The van der Waals surface area contributed by atoms with Gasteiger partial charge in [0.1, 0.15) is 0 Å². The van der Waals surface area contributed by atoms with E-state index in [9.17, 15) is 39.6 Å². The summed E-state index contributed by atoms with van der Waals surface area (Å²) in [6.45, 7) is 0. The quantitative estimate of drug-likeness (QED) is 0.758. The number of sulfonamides is 1. The van der Waals surface area contributed by atoms with Gasteiger partial charge < -0.3 is 5.73 Å². The standard InChI is InChI=1S/C16H12F6N2O3S/c1-24(13-5-3-2-4-12(13)14(23)25)28(26,27)11-7-9(15(17,18)19)6-10(8-11)16(20,21)22/h2-8H,1H3,(H2,23,25). The molecule has 0 spiro atoms. The molecule has 0 aromatic heterocycles. The third kappa shape index (κ3) is 4.21. The van der Waals surface area contributed by atoms with E-state index in [4.69, 9.17) is 5.73 Å². The van der Waals surface area contributed by atoms with E-state index >= 15 is 0 Å². The molecule has 0 atom stereocenters. The van der Waals surface area contributed by atoms with Crippen molar-refractivity contribution in [2.75, 3.05) is 11.4 Å². The van der Waals surface area contributed by atoms with Gasteiger partial charge in [-0.2, -0.15) is 26.3 Å². The summed E-state index contributed by atoms with van der Waals surface area (Å²) in [4.78, 5) is 10.2. The second-order valence-corrected chi connectivity index (χ2v) is 7.56. The molecule has 12 heteroatoms. The number of hydrogen-bond acceptors (Lipinski definition) is 3. The maximum Gasteiger partial charge on any atom is 0.416 e. The second kappa shape index (κ2) is 7.00. The molecular formula is C16H12F6N2O3S. The van der Waals surface area contributed by atoms with Crippen LogP contribution in [-0.2, 0) is 22.4 Å². The largest absolute Gasteiger partial charge is 0.416 e. The molecule has 2 rings (SSSR count). The molecule has 0 saturated carbocycles. The van der Waals surface area contributed by atoms with Crippen LogP contribution in [0.2, 0.25) is 0 Å². The molecule has 0 radical (unpaired) electrons. The number of alkyl halides is 6. The van der Waals surface area contributed by atoms with E-state index in [1.807, 2.05) is 0 Å². The van der Waals surface area contributed by atoms with Crippen molar-refractivity contribution in [3.8, 4) is 0 Å². The molecule has 0 saturated heterocycles. The Morgan fingerprint density at radius 2 is 1.39 bits per heavy atom. The lowest BCUT2D eigenvalue weighted by molar-refractivity contribution is -0.143. The lowest BCUT2D eigenvalue weighted by Crippen LogP contribution is -2.29. The highest BCUT2D eigenvalue weighted by molar-refractivity contribution is 7.92. The zero-order valence-electron chi connectivity index (χ0n) is 14.0. The number of nitrogens with two attached hydrogens (primary N) is 1. The molecule has 0 unspecified atom stereocenters. The Morgan fingerprint density at radius 3 is 1.82 bits per heavy atom. The predicted octanol–water partition coefficient (Wildman–Crippen LogP) is 3.65. The number of amides is 1. The lowest BCUT2D eigenvalue weighted by atomic mass is 10.1. The molecule has 0 heterocycles. The fraction of sp³-hybridized carbons (Fsp3) is 0.188. The lowest BCUT2D eigenvalue weighted by Gasteiger charge is -2.22. The van der Waals surface area contributed by atoms with Gasteiger partial charge in [-0.1, -0.05) is 12.1 Å². The van der Waals surface area contributed by atoms with Gasteiger partial charge in [-0.15, -0.1) is 0 Å². The van der Waals surface area contributed by atoms with Crippen molar-refractivity contribution in [1.29, 1.82) is 0 Å². The van der Waals surface area contributed by atoms with Gasteiger partial charge in [0.15, 0.2) is 0 Å². The molecule has 28 heavy (non-hydrogen) atoms. The molecule has 0 bridgehead atoms. The zero-order chi connectivity index (χ0) is 21.5. The highest BCUT2D eigenvalue weighted by atomic mass is 32.2. The number of benzene rings is 2. The van der Waals surface area contributed by atoms with Crippen molar-refractivity contribution in [2.45, 2.75) is 17.2 Å². The minimum atomic E-state index is -5.21. The highest BCUT2D eigenvalue weighted by Crippen LogP contribution is 2.38. The SMILES string of the molecule is CN(c1ccccc1C(N)=O)S(=O)(=O)c1cc(C(F)(F)F)cc(C(F)(F)F)c1. The van der Waals surface area contributed by atoms with Crippen molar-refractivity contribution >= 4 is 21.6 Å². The van der Waals surface area contributed by atoms with Crippen LogP contribution < -0.4 is 10.0 Å². The topological polar surface area (TPSA) is 80.5 Å². The van der Waals surface area contributed by atoms with Gasteiger partial charge in [0.25, 0.3) is 15.9 Å². The van der Waals surface area contributed by atoms with Crippen molar-refractivity contribution in [3.05, 3.63) is 59.2 Å². The Morgan fingerprint density at radius 1 is 0.929 bits per heavy atom. The number of carbonyl (C=O) groups is 1. The molecule has 152 valence electrons. The Bertz CT molecular complexity index is 984. The number of carbonyl (C=O) groups excluding carboxylic acids is 1. The normalized spacial score (nSPS) is 12.7. The van der Waals surface area contributed by atoms with E-state index in [0.29, 0.717) is 4.31 Å². The van der Waals surface area contributed by atoms with Crippen LogP contribution in [0.5, 0.6) is 0 Å². The molecule has 2 aromatic carbocycles. The molecular weight excluding hydrogens is 414 g/mol. The second-order valence-electron chi connectivity index (χ2n) is 5.60. The summed E-state index contributed by atoms with van der Waals surface area (Å²) in [5, 5.41) is 0. The van der Waals surface area contributed by atoms with Gasteiger partial charge in [-0.25, -0.2) is 8.42 Å². The number of nitrogens with zero attached hydrogens (tertiary/aromatic N) is 1. The predicted molar refractivity (Wildman–Crippen MR) is 87.0 cm³/mol. The molecule has 5 nitrogen and oxygen atoms in total. The first-order valence-electron chi connectivity index (χ1n) is 7.33. The van der Waals surface area contributed by atoms with Crippen LogP contribution in [0.25, 0.3) is 0 Å². The number of primary amides is 1. The van der Waals surface area contributed by atoms with E-state index < -0.39 is 44.3 Å². The maximum absolute atomic E-state index is 13.0. The summed E-state index contributed by atoms with van der Waals surface area (Å²) in [6.07, 6.45) is -10.4. The van der Waals surface area contributed by atoms with Crippen molar-refractivity contribution in [2.24, 2.45) is 5.73 Å². The van der Waals surface area contributed by atoms with Crippen molar-refractivity contribution in [1.82, 2.24) is 0 Å². The fourth-order valence-corrected chi connectivity index (χ4v) is 3.61. The summed E-state index contributed by atoms with van der Waals surface area (Å²) < 4.78 is 104. The number of anilines is 1. The van der Waals surface area contributed by atoms with Crippen LogP contribution in [0.3, 0.4) is 0 Å². The minimum Gasteiger partial charge on any atom is -0.366 e. The van der Waals surface area contributed by atoms with Crippen LogP contribution in [0.1, 0.15) is 21.5 Å². The van der Waals surface area contributed by atoms with E-state index in [1.165, 1.54) is 12.1 Å². The molecule has 0 fully saturated rings. The molecule has 1 amide bonds. The molecule has 0 aliphatic rings. The Hall–Kier alpha value is -2.76. The Labute approximate surface area is 155 Å².